The van der Waals surface area contributed by atoms with Gasteiger partial charge in [-0.15, -0.1) is 0 Å². The molecular formula is C19H26ClN7O. The Morgan fingerprint density at radius 2 is 2.00 bits per heavy atom. The minimum atomic E-state index is 0.0902. The summed E-state index contributed by atoms with van der Waals surface area (Å²) in [5.41, 5.74) is 8.67. The van der Waals surface area contributed by atoms with Gasteiger partial charge in [0, 0.05) is 31.7 Å². The standard InChI is InChI=1S/C19H26ClN7O/c1-11-9-12(2)27(24-11)7-4-6-25-14-5-8-26(15(14)10-16(25)28)18-17(20)13(3)22-19(21)23-18/h9,14-15H,4-8,10H2,1-3H3,(H2,21,22,23)/t14-,15-/m0/s1. The number of nitrogen functional groups attached to an aromatic ring is 1. The Balaban J connectivity index is 1.45. The number of carbonyl (C=O) groups is 1. The second kappa shape index (κ2) is 7.24. The van der Waals surface area contributed by atoms with Gasteiger partial charge in [0.15, 0.2) is 5.82 Å². The molecule has 2 aromatic heterocycles. The molecule has 0 aliphatic carbocycles. The van der Waals surface area contributed by atoms with Gasteiger partial charge in [-0.2, -0.15) is 10.1 Å². The highest BCUT2D eigenvalue weighted by molar-refractivity contribution is 6.33. The van der Waals surface area contributed by atoms with Gasteiger partial charge in [0.25, 0.3) is 0 Å². The van der Waals surface area contributed by atoms with E-state index in [4.69, 9.17) is 17.3 Å². The van der Waals surface area contributed by atoms with Crippen LogP contribution in [0.25, 0.3) is 0 Å². The number of halogens is 1. The second-order valence-corrected chi connectivity index (χ2v) is 8.09. The van der Waals surface area contributed by atoms with Crippen molar-refractivity contribution >= 4 is 29.3 Å². The SMILES string of the molecule is Cc1cc(C)n(CCCN2C(=O)C[C@H]3[C@@H]2CCN3c2nc(N)nc(C)c2Cl)n1. The van der Waals surface area contributed by atoms with Crippen molar-refractivity contribution in [3.63, 3.8) is 0 Å². The van der Waals surface area contributed by atoms with Gasteiger partial charge in [-0.25, -0.2) is 4.98 Å². The predicted molar refractivity (Wildman–Crippen MR) is 108 cm³/mol. The molecule has 2 aliphatic heterocycles. The Labute approximate surface area is 169 Å². The monoisotopic (exact) mass is 403 g/mol. The molecule has 2 aromatic rings. The number of hydrogen-bond donors (Lipinski definition) is 1. The highest BCUT2D eigenvalue weighted by atomic mass is 35.5. The smallest absolute Gasteiger partial charge is 0.225 e. The Morgan fingerprint density at radius 1 is 1.21 bits per heavy atom. The van der Waals surface area contributed by atoms with E-state index in [1.54, 1.807) is 0 Å². The lowest BCUT2D eigenvalue weighted by atomic mass is 10.1. The minimum absolute atomic E-state index is 0.0902. The van der Waals surface area contributed by atoms with Gasteiger partial charge in [0.05, 0.1) is 23.5 Å². The van der Waals surface area contributed by atoms with Crippen LogP contribution in [0.15, 0.2) is 6.07 Å². The summed E-state index contributed by atoms with van der Waals surface area (Å²) >= 11 is 6.45. The number of hydrogen-bond acceptors (Lipinski definition) is 6. The molecule has 1 amide bonds. The molecule has 2 aliphatic rings. The van der Waals surface area contributed by atoms with Gasteiger partial charge < -0.3 is 15.5 Å². The summed E-state index contributed by atoms with van der Waals surface area (Å²) in [7, 11) is 0. The maximum atomic E-state index is 12.7. The molecule has 8 nitrogen and oxygen atoms in total. The van der Waals surface area contributed by atoms with Gasteiger partial charge in [-0.3, -0.25) is 9.48 Å². The van der Waals surface area contributed by atoms with Crippen LogP contribution in [0, 0.1) is 20.8 Å². The number of aromatic nitrogens is 4. The number of carbonyl (C=O) groups excluding carboxylic acids is 1. The van der Waals surface area contributed by atoms with E-state index in [-0.39, 0.29) is 23.9 Å². The third kappa shape index (κ3) is 3.30. The zero-order valence-electron chi connectivity index (χ0n) is 16.5. The summed E-state index contributed by atoms with van der Waals surface area (Å²) in [6.45, 7) is 8.25. The fourth-order valence-corrected chi connectivity index (χ4v) is 4.72. The van der Waals surface area contributed by atoms with Crippen molar-refractivity contribution in [3.05, 3.63) is 28.2 Å². The van der Waals surface area contributed by atoms with E-state index in [2.05, 4.69) is 33.0 Å². The topological polar surface area (TPSA) is 93.2 Å². The fraction of sp³-hybridized carbons (Fsp3) is 0.579. The lowest BCUT2D eigenvalue weighted by Crippen LogP contribution is -2.38. The quantitative estimate of drug-likeness (QED) is 0.821. The van der Waals surface area contributed by atoms with Crippen LogP contribution < -0.4 is 10.6 Å². The van der Waals surface area contributed by atoms with Crippen molar-refractivity contribution in [2.45, 2.75) is 58.7 Å². The van der Waals surface area contributed by atoms with Gasteiger partial charge in [0.1, 0.15) is 5.02 Å². The van der Waals surface area contributed by atoms with Crippen molar-refractivity contribution < 1.29 is 4.79 Å². The van der Waals surface area contributed by atoms with Gasteiger partial charge >= 0.3 is 0 Å². The number of likely N-dealkylation sites (tertiary alicyclic amines) is 1. The number of nitrogens with two attached hydrogens (primary N) is 1. The summed E-state index contributed by atoms with van der Waals surface area (Å²) in [5.74, 6) is 1.06. The number of nitrogens with zero attached hydrogens (tertiary/aromatic N) is 6. The normalized spacial score (nSPS) is 21.6. The van der Waals surface area contributed by atoms with Crippen molar-refractivity contribution in [1.29, 1.82) is 0 Å². The number of rotatable bonds is 5. The Bertz CT molecular complexity index is 912. The molecule has 2 N–H and O–H groups in total. The first-order chi connectivity index (χ1) is 13.3. The number of aryl methyl sites for hydroxylation is 4. The summed E-state index contributed by atoms with van der Waals surface area (Å²) in [5, 5.41) is 5.02. The van der Waals surface area contributed by atoms with E-state index in [1.165, 1.54) is 0 Å². The molecule has 150 valence electrons. The Hall–Kier alpha value is -2.35. The average molecular weight is 404 g/mol. The molecule has 0 radical (unpaired) electrons. The summed E-state index contributed by atoms with van der Waals surface area (Å²) in [4.78, 5) is 25.3. The number of fused-ring (bicyclic) bond motifs is 1. The number of anilines is 2. The van der Waals surface area contributed by atoms with Crippen molar-refractivity contribution in [1.82, 2.24) is 24.6 Å². The highest BCUT2D eigenvalue weighted by Gasteiger charge is 2.47. The predicted octanol–water partition coefficient (Wildman–Crippen LogP) is 2.10. The molecule has 9 heteroatoms. The van der Waals surface area contributed by atoms with Crippen molar-refractivity contribution in [2.24, 2.45) is 0 Å². The molecule has 0 spiro atoms. The van der Waals surface area contributed by atoms with Gasteiger partial charge in [0.2, 0.25) is 11.9 Å². The van der Waals surface area contributed by atoms with Crippen LogP contribution in [0.2, 0.25) is 5.02 Å². The molecule has 0 bridgehead atoms. The summed E-state index contributed by atoms with van der Waals surface area (Å²) < 4.78 is 2.01. The zero-order chi connectivity index (χ0) is 20.0. The van der Waals surface area contributed by atoms with Crippen LogP contribution in [0.5, 0.6) is 0 Å². The third-order valence-corrected chi connectivity index (χ3v) is 6.22. The first-order valence-corrected chi connectivity index (χ1v) is 10.1. The zero-order valence-corrected chi connectivity index (χ0v) is 17.3. The maximum Gasteiger partial charge on any atom is 0.225 e. The molecule has 2 atom stereocenters. The first-order valence-electron chi connectivity index (χ1n) is 9.72. The van der Waals surface area contributed by atoms with E-state index in [1.807, 2.05) is 23.4 Å². The van der Waals surface area contributed by atoms with Crippen LogP contribution in [-0.4, -0.2) is 55.7 Å². The molecule has 4 heterocycles. The van der Waals surface area contributed by atoms with Crippen LogP contribution in [0.1, 0.15) is 36.3 Å². The summed E-state index contributed by atoms with van der Waals surface area (Å²) in [6.07, 6.45) is 2.29. The molecule has 4 rings (SSSR count). The van der Waals surface area contributed by atoms with Crippen LogP contribution in [0.4, 0.5) is 11.8 Å². The van der Waals surface area contributed by atoms with E-state index in [9.17, 15) is 4.79 Å². The van der Waals surface area contributed by atoms with E-state index >= 15 is 0 Å². The molecule has 0 aromatic carbocycles. The molecule has 2 fully saturated rings. The second-order valence-electron chi connectivity index (χ2n) is 7.72. The van der Waals surface area contributed by atoms with Crippen molar-refractivity contribution in [2.75, 3.05) is 23.7 Å². The van der Waals surface area contributed by atoms with Crippen LogP contribution >= 0.6 is 11.6 Å². The van der Waals surface area contributed by atoms with Crippen molar-refractivity contribution in [3.8, 4) is 0 Å². The summed E-state index contributed by atoms with van der Waals surface area (Å²) in [6, 6.07) is 2.36. The third-order valence-electron chi connectivity index (χ3n) is 5.78. The highest BCUT2D eigenvalue weighted by Crippen LogP contribution is 2.38. The maximum absolute atomic E-state index is 12.7. The van der Waals surface area contributed by atoms with E-state index in [0.29, 0.717) is 23.0 Å². The largest absolute Gasteiger partial charge is 0.368 e. The average Bonchev–Trinajstić information content (AvgIpc) is 3.26. The lowest BCUT2D eigenvalue weighted by Gasteiger charge is -2.27. The van der Waals surface area contributed by atoms with E-state index in [0.717, 1.165) is 43.9 Å². The minimum Gasteiger partial charge on any atom is -0.368 e. The molecule has 28 heavy (non-hydrogen) atoms. The molecule has 2 saturated heterocycles. The Morgan fingerprint density at radius 3 is 2.71 bits per heavy atom. The lowest BCUT2D eigenvalue weighted by molar-refractivity contribution is -0.129. The number of amides is 1. The molecule has 0 saturated carbocycles. The van der Waals surface area contributed by atoms with Gasteiger partial charge in [-0.05, 0) is 39.7 Å². The fourth-order valence-electron chi connectivity index (χ4n) is 4.53. The molecule has 0 unspecified atom stereocenters. The first kappa shape index (κ1) is 19.0. The van der Waals surface area contributed by atoms with Crippen LogP contribution in [-0.2, 0) is 11.3 Å². The van der Waals surface area contributed by atoms with Crippen LogP contribution in [0.3, 0.4) is 0 Å². The molecular weight excluding hydrogens is 378 g/mol. The Kier molecular flexibility index (Phi) is 4.91. The van der Waals surface area contributed by atoms with Gasteiger partial charge in [-0.1, -0.05) is 11.6 Å². The van der Waals surface area contributed by atoms with E-state index < -0.39 is 0 Å².